The minimum atomic E-state index is -0.197. The van der Waals surface area contributed by atoms with Gasteiger partial charge >= 0.3 is 0 Å². The molecule has 1 fully saturated rings. The van der Waals surface area contributed by atoms with Gasteiger partial charge in [-0.05, 0) is 56.0 Å². The molecule has 4 heteroatoms. The number of halogens is 2. The molecule has 2 rings (SSSR count). The van der Waals surface area contributed by atoms with E-state index in [9.17, 15) is 4.39 Å². The first-order valence-corrected chi connectivity index (χ1v) is 8.46. The van der Waals surface area contributed by atoms with Gasteiger partial charge in [0.15, 0.2) is 0 Å². The summed E-state index contributed by atoms with van der Waals surface area (Å²) in [5.74, 6) is 0.478. The molecule has 0 amide bonds. The lowest BCUT2D eigenvalue weighted by Gasteiger charge is -2.44. The predicted octanol–water partition coefficient (Wildman–Crippen LogP) is 4.31. The third kappa shape index (κ3) is 4.05. The molecule has 1 aromatic carbocycles. The zero-order chi connectivity index (χ0) is 15.5. The van der Waals surface area contributed by atoms with Crippen LogP contribution in [0.25, 0.3) is 0 Å². The number of methoxy groups -OCH3 is 1. The van der Waals surface area contributed by atoms with Crippen LogP contribution in [-0.4, -0.2) is 25.8 Å². The molecule has 2 nitrogen and oxygen atoms in total. The maximum atomic E-state index is 13.6. The first-order valence-electron chi connectivity index (χ1n) is 7.66. The van der Waals surface area contributed by atoms with E-state index in [1.165, 1.54) is 18.9 Å². The van der Waals surface area contributed by atoms with Crippen LogP contribution in [0.15, 0.2) is 22.7 Å². The summed E-state index contributed by atoms with van der Waals surface area (Å²) in [7, 11) is 3.78. The minimum Gasteiger partial charge on any atom is -0.377 e. The Bertz CT molecular complexity index is 462. The Morgan fingerprint density at radius 3 is 2.81 bits per heavy atom. The fraction of sp³-hybridized carbons (Fsp3) is 0.647. The van der Waals surface area contributed by atoms with Crippen molar-refractivity contribution in [2.75, 3.05) is 14.2 Å². The Labute approximate surface area is 135 Å². The predicted molar refractivity (Wildman–Crippen MR) is 88.0 cm³/mol. The van der Waals surface area contributed by atoms with Crippen LogP contribution in [0.1, 0.15) is 38.2 Å². The molecule has 0 bridgehead atoms. The van der Waals surface area contributed by atoms with Gasteiger partial charge in [0, 0.05) is 17.6 Å². The highest BCUT2D eigenvalue weighted by atomic mass is 79.9. The van der Waals surface area contributed by atoms with E-state index in [0.717, 1.165) is 29.3 Å². The second-order valence-corrected chi connectivity index (χ2v) is 7.21. The van der Waals surface area contributed by atoms with Crippen LogP contribution >= 0.6 is 15.9 Å². The molecule has 0 saturated heterocycles. The van der Waals surface area contributed by atoms with Gasteiger partial charge in [-0.25, -0.2) is 4.39 Å². The molecule has 0 radical (unpaired) electrons. The summed E-state index contributed by atoms with van der Waals surface area (Å²) in [5, 5.41) is 3.41. The highest BCUT2D eigenvalue weighted by molar-refractivity contribution is 9.10. The van der Waals surface area contributed by atoms with Gasteiger partial charge in [-0.15, -0.1) is 0 Å². The summed E-state index contributed by atoms with van der Waals surface area (Å²) in [5.41, 5.74) is 0.849. The fourth-order valence-corrected chi connectivity index (χ4v) is 4.22. The van der Waals surface area contributed by atoms with E-state index in [2.05, 4.69) is 28.2 Å². The van der Waals surface area contributed by atoms with Crippen LogP contribution in [0.4, 0.5) is 4.39 Å². The molecule has 1 N–H and O–H groups in total. The van der Waals surface area contributed by atoms with Crippen LogP contribution in [0.3, 0.4) is 0 Å². The van der Waals surface area contributed by atoms with Crippen molar-refractivity contribution < 1.29 is 9.13 Å². The molecular weight excluding hydrogens is 333 g/mol. The number of nitrogens with one attached hydrogen (secondary N) is 1. The monoisotopic (exact) mass is 357 g/mol. The topological polar surface area (TPSA) is 21.3 Å². The van der Waals surface area contributed by atoms with Crippen molar-refractivity contribution in [2.24, 2.45) is 5.92 Å². The zero-order valence-electron chi connectivity index (χ0n) is 13.1. The SMILES string of the molecule is CNC(Cc1cc(F)cc(Br)c1)C1(OC)CCCC(C)C1. The standard InChI is InChI=1S/C17H25BrFNO/c1-12-5-4-6-17(11-12,21-3)16(20-2)9-13-7-14(18)10-15(19)8-13/h7-8,10,12,16,20H,4-6,9,11H2,1-3H3. The minimum absolute atomic E-state index is 0.148. The summed E-state index contributed by atoms with van der Waals surface area (Å²) < 4.78 is 20.3. The lowest BCUT2D eigenvalue weighted by molar-refractivity contribution is -0.0775. The quantitative estimate of drug-likeness (QED) is 0.847. The van der Waals surface area contributed by atoms with Gasteiger partial charge in [0.2, 0.25) is 0 Å². The highest BCUT2D eigenvalue weighted by Gasteiger charge is 2.41. The summed E-state index contributed by atoms with van der Waals surface area (Å²) in [6.07, 6.45) is 5.36. The first-order chi connectivity index (χ1) is 9.99. The van der Waals surface area contributed by atoms with Gasteiger partial charge in [0.05, 0.1) is 5.60 Å². The second kappa shape index (κ2) is 7.21. The van der Waals surface area contributed by atoms with Crippen molar-refractivity contribution >= 4 is 15.9 Å². The van der Waals surface area contributed by atoms with Gasteiger partial charge in [0.1, 0.15) is 5.82 Å². The Morgan fingerprint density at radius 1 is 1.48 bits per heavy atom. The number of benzene rings is 1. The number of hydrogen-bond acceptors (Lipinski definition) is 2. The largest absolute Gasteiger partial charge is 0.377 e. The Hall–Kier alpha value is -0.450. The summed E-state index contributed by atoms with van der Waals surface area (Å²) >= 11 is 3.37. The van der Waals surface area contributed by atoms with E-state index in [1.54, 1.807) is 6.07 Å². The fourth-order valence-electron chi connectivity index (χ4n) is 3.70. The van der Waals surface area contributed by atoms with Gasteiger partial charge in [-0.2, -0.15) is 0 Å². The highest BCUT2D eigenvalue weighted by Crippen LogP contribution is 2.38. The number of hydrogen-bond donors (Lipinski definition) is 1. The summed E-state index contributed by atoms with van der Waals surface area (Å²) in [4.78, 5) is 0. The van der Waals surface area contributed by atoms with Crippen LogP contribution in [0, 0.1) is 11.7 Å². The lowest BCUT2D eigenvalue weighted by Crippen LogP contribution is -2.54. The van der Waals surface area contributed by atoms with E-state index in [4.69, 9.17) is 4.74 Å². The molecule has 0 heterocycles. The lowest BCUT2D eigenvalue weighted by atomic mass is 9.73. The van der Waals surface area contributed by atoms with Crippen LogP contribution < -0.4 is 5.32 Å². The van der Waals surface area contributed by atoms with Crippen molar-refractivity contribution in [3.05, 3.63) is 34.1 Å². The van der Waals surface area contributed by atoms with E-state index in [-0.39, 0.29) is 17.5 Å². The van der Waals surface area contributed by atoms with E-state index < -0.39 is 0 Å². The Balaban J connectivity index is 2.21. The van der Waals surface area contributed by atoms with E-state index in [1.807, 2.05) is 20.2 Å². The molecule has 118 valence electrons. The molecule has 0 spiro atoms. The van der Waals surface area contributed by atoms with Crippen LogP contribution in [0.2, 0.25) is 0 Å². The van der Waals surface area contributed by atoms with E-state index >= 15 is 0 Å². The maximum Gasteiger partial charge on any atom is 0.124 e. The smallest absolute Gasteiger partial charge is 0.124 e. The molecule has 1 saturated carbocycles. The summed E-state index contributed by atoms with van der Waals surface area (Å²) in [6, 6.07) is 5.29. The van der Waals surface area contributed by atoms with Crippen LogP contribution in [0.5, 0.6) is 0 Å². The normalized spacial score (nSPS) is 27.6. The molecule has 3 unspecified atom stereocenters. The Morgan fingerprint density at radius 2 is 2.24 bits per heavy atom. The number of rotatable bonds is 5. The molecular formula is C17H25BrFNO. The molecule has 0 aromatic heterocycles. The van der Waals surface area contributed by atoms with Gasteiger partial charge in [0.25, 0.3) is 0 Å². The average molecular weight is 358 g/mol. The molecule has 1 aliphatic carbocycles. The average Bonchev–Trinajstić information content (AvgIpc) is 2.43. The van der Waals surface area contributed by atoms with Crippen molar-refractivity contribution in [3.63, 3.8) is 0 Å². The van der Waals surface area contributed by atoms with E-state index in [0.29, 0.717) is 5.92 Å². The van der Waals surface area contributed by atoms with Crippen molar-refractivity contribution in [1.29, 1.82) is 0 Å². The number of likely N-dealkylation sites (N-methyl/N-ethyl adjacent to an activating group) is 1. The molecule has 3 atom stereocenters. The van der Waals surface area contributed by atoms with Gasteiger partial charge < -0.3 is 10.1 Å². The molecule has 0 aliphatic heterocycles. The third-order valence-electron chi connectivity index (χ3n) is 4.74. The van der Waals surface area contributed by atoms with Gasteiger partial charge in [-0.3, -0.25) is 0 Å². The van der Waals surface area contributed by atoms with Crippen LogP contribution in [-0.2, 0) is 11.2 Å². The van der Waals surface area contributed by atoms with Crippen molar-refractivity contribution in [1.82, 2.24) is 5.32 Å². The van der Waals surface area contributed by atoms with Crippen molar-refractivity contribution in [3.8, 4) is 0 Å². The molecule has 21 heavy (non-hydrogen) atoms. The summed E-state index contributed by atoms with van der Waals surface area (Å²) in [6.45, 7) is 2.29. The Kier molecular flexibility index (Phi) is 5.81. The first kappa shape index (κ1) is 16.9. The third-order valence-corrected chi connectivity index (χ3v) is 5.20. The zero-order valence-corrected chi connectivity index (χ0v) is 14.7. The van der Waals surface area contributed by atoms with Crippen molar-refractivity contribution in [2.45, 2.75) is 50.7 Å². The number of ether oxygens (including phenoxy) is 1. The maximum absolute atomic E-state index is 13.6. The van der Waals surface area contributed by atoms with Gasteiger partial charge in [-0.1, -0.05) is 35.7 Å². The molecule has 1 aliphatic rings. The second-order valence-electron chi connectivity index (χ2n) is 6.29. The molecule has 1 aromatic rings.